The molecule has 0 aliphatic rings. The van der Waals surface area contributed by atoms with Gasteiger partial charge in [-0.25, -0.2) is 9.59 Å². The molecule has 4 atom stereocenters. The van der Waals surface area contributed by atoms with Gasteiger partial charge in [0, 0.05) is 37.6 Å². The zero-order chi connectivity index (χ0) is 32.9. The number of nitrogens with zero attached hydrogens (tertiary/aromatic N) is 2. The molecule has 2 aromatic heterocycles. The minimum Gasteiger partial charge on any atom is -0.467 e. The van der Waals surface area contributed by atoms with Crippen LogP contribution in [0.15, 0.2) is 49.1 Å². The van der Waals surface area contributed by atoms with Gasteiger partial charge in [0.25, 0.3) is 0 Å². The number of amides is 4. The molecule has 0 aromatic carbocycles. The van der Waals surface area contributed by atoms with E-state index in [1.165, 1.54) is 14.0 Å². The molecule has 0 saturated carbocycles. The number of hydrogen-bond donors (Lipinski definition) is 4. The zero-order valence-electron chi connectivity index (χ0n) is 26.4. The normalized spacial score (nSPS) is 13.9. The maximum absolute atomic E-state index is 13.4. The molecule has 4 N–H and O–H groups in total. The van der Waals surface area contributed by atoms with Gasteiger partial charge in [-0.15, -0.1) is 0 Å². The predicted octanol–water partition coefficient (Wildman–Crippen LogP) is 1.85. The number of carbonyl (C=O) groups excluding carboxylic acids is 5. The largest absolute Gasteiger partial charge is 0.467 e. The first-order valence-electron chi connectivity index (χ1n) is 14.4. The highest BCUT2D eigenvalue weighted by Crippen LogP contribution is 2.10. The second kappa shape index (κ2) is 16.9. The lowest BCUT2D eigenvalue weighted by Crippen LogP contribution is -2.58. The third kappa shape index (κ3) is 12.8. The minimum atomic E-state index is -1.10. The van der Waals surface area contributed by atoms with Crippen LogP contribution in [0.2, 0.25) is 0 Å². The highest BCUT2D eigenvalue weighted by Gasteiger charge is 2.31. The molecule has 2 heterocycles. The summed E-state index contributed by atoms with van der Waals surface area (Å²) >= 11 is 0. The Morgan fingerprint density at radius 1 is 0.750 bits per heavy atom. The fraction of sp³-hybridized carbons (Fsp3) is 0.516. The molecule has 13 heteroatoms. The molecule has 4 amide bonds. The van der Waals surface area contributed by atoms with E-state index in [4.69, 9.17) is 9.47 Å². The molecule has 0 spiro atoms. The first-order chi connectivity index (χ1) is 20.7. The molecule has 0 aliphatic heterocycles. The average Bonchev–Trinajstić information content (AvgIpc) is 2.95. The molecule has 0 aliphatic carbocycles. The van der Waals surface area contributed by atoms with Crippen molar-refractivity contribution < 1.29 is 33.4 Å². The van der Waals surface area contributed by atoms with E-state index in [1.807, 2.05) is 13.8 Å². The summed E-state index contributed by atoms with van der Waals surface area (Å²) < 4.78 is 10.2. The van der Waals surface area contributed by atoms with Crippen LogP contribution in [-0.2, 0) is 41.5 Å². The molecule has 13 nitrogen and oxygen atoms in total. The van der Waals surface area contributed by atoms with Gasteiger partial charge in [-0.2, -0.15) is 0 Å². The van der Waals surface area contributed by atoms with Crippen LogP contribution in [0, 0.1) is 5.92 Å². The number of methoxy groups -OCH3 is 1. The lowest BCUT2D eigenvalue weighted by atomic mass is 10.0. The van der Waals surface area contributed by atoms with Crippen LogP contribution in [0.3, 0.4) is 0 Å². The maximum atomic E-state index is 13.4. The van der Waals surface area contributed by atoms with Gasteiger partial charge in [0.2, 0.25) is 17.7 Å². The number of hydrogen-bond acceptors (Lipinski definition) is 9. The third-order valence-electron chi connectivity index (χ3n) is 6.23. The van der Waals surface area contributed by atoms with Gasteiger partial charge < -0.3 is 30.7 Å². The summed E-state index contributed by atoms with van der Waals surface area (Å²) in [7, 11) is 1.24. The van der Waals surface area contributed by atoms with Crippen LogP contribution >= 0.6 is 0 Å². The Bertz CT molecular complexity index is 1250. The van der Waals surface area contributed by atoms with Crippen LogP contribution in [0.5, 0.6) is 0 Å². The summed E-state index contributed by atoms with van der Waals surface area (Å²) in [6.07, 6.45) is 5.99. The molecule has 2 rings (SSSR count). The highest BCUT2D eigenvalue weighted by molar-refractivity contribution is 5.94. The zero-order valence-corrected chi connectivity index (χ0v) is 26.4. The second-order valence-electron chi connectivity index (χ2n) is 11.8. The number of alkyl carbamates (subject to hydrolysis) is 1. The van der Waals surface area contributed by atoms with E-state index >= 15 is 0 Å². The summed E-state index contributed by atoms with van der Waals surface area (Å²) in [5.41, 5.74) is 0.551. The van der Waals surface area contributed by atoms with Crippen molar-refractivity contribution in [3.8, 4) is 0 Å². The van der Waals surface area contributed by atoms with E-state index < -0.39 is 59.6 Å². The van der Waals surface area contributed by atoms with Crippen LogP contribution in [0.25, 0.3) is 0 Å². The Balaban J connectivity index is 2.20. The van der Waals surface area contributed by atoms with E-state index in [-0.39, 0.29) is 18.8 Å². The topological polar surface area (TPSA) is 178 Å². The van der Waals surface area contributed by atoms with Crippen LogP contribution in [-0.4, -0.2) is 76.6 Å². The number of ether oxygens (including phenoxy) is 2. The summed E-state index contributed by atoms with van der Waals surface area (Å²) in [5.74, 6) is -2.42. The number of rotatable bonds is 14. The van der Waals surface area contributed by atoms with Crippen LogP contribution in [0.4, 0.5) is 4.79 Å². The summed E-state index contributed by atoms with van der Waals surface area (Å²) in [6, 6.07) is 2.70. The van der Waals surface area contributed by atoms with Crippen molar-refractivity contribution in [1.29, 1.82) is 0 Å². The Labute approximate surface area is 258 Å². The number of nitrogens with one attached hydrogen (secondary N) is 4. The fourth-order valence-electron chi connectivity index (χ4n) is 4.15. The molecule has 0 bridgehead atoms. The number of aromatic nitrogens is 2. The fourth-order valence-corrected chi connectivity index (χ4v) is 4.15. The van der Waals surface area contributed by atoms with Crippen molar-refractivity contribution >= 4 is 29.8 Å². The van der Waals surface area contributed by atoms with Gasteiger partial charge in [0.1, 0.15) is 29.8 Å². The van der Waals surface area contributed by atoms with Crippen molar-refractivity contribution in [1.82, 2.24) is 31.2 Å². The van der Waals surface area contributed by atoms with Gasteiger partial charge in [0.05, 0.1) is 7.11 Å². The Morgan fingerprint density at radius 2 is 1.25 bits per heavy atom. The van der Waals surface area contributed by atoms with Gasteiger partial charge in [-0.3, -0.25) is 24.4 Å². The van der Waals surface area contributed by atoms with Crippen LogP contribution < -0.4 is 21.3 Å². The lowest BCUT2D eigenvalue weighted by Gasteiger charge is -2.26. The quantitative estimate of drug-likeness (QED) is 0.232. The average molecular weight is 613 g/mol. The number of esters is 1. The SMILES string of the molecule is COC(=O)[C@H](CC(C)C)NC(=O)[C@H](Cc1cccnc1)NC(=O)[C@H](C)NC(=O)[C@H](Cc1cccnc1)NC(=O)OC(C)(C)C. The maximum Gasteiger partial charge on any atom is 0.408 e. The van der Waals surface area contributed by atoms with E-state index in [0.29, 0.717) is 17.5 Å². The van der Waals surface area contributed by atoms with Gasteiger partial charge in [0.15, 0.2) is 0 Å². The highest BCUT2D eigenvalue weighted by atomic mass is 16.6. The molecule has 0 unspecified atom stereocenters. The second-order valence-corrected chi connectivity index (χ2v) is 11.8. The molecule has 0 radical (unpaired) electrons. The predicted molar refractivity (Wildman–Crippen MR) is 162 cm³/mol. The molecular weight excluding hydrogens is 568 g/mol. The van der Waals surface area contributed by atoms with Crippen LogP contribution in [0.1, 0.15) is 59.1 Å². The smallest absolute Gasteiger partial charge is 0.408 e. The summed E-state index contributed by atoms with van der Waals surface area (Å²) in [5, 5.41) is 10.5. The van der Waals surface area contributed by atoms with E-state index in [9.17, 15) is 24.0 Å². The van der Waals surface area contributed by atoms with E-state index in [0.717, 1.165) is 0 Å². The number of carbonyl (C=O) groups is 5. The molecule has 2 aromatic rings. The van der Waals surface area contributed by atoms with Crippen molar-refractivity contribution in [2.75, 3.05) is 7.11 Å². The molecule has 240 valence electrons. The molecule has 0 fully saturated rings. The summed E-state index contributed by atoms with van der Waals surface area (Å²) in [4.78, 5) is 72.9. The Morgan fingerprint density at radius 3 is 1.70 bits per heavy atom. The van der Waals surface area contributed by atoms with E-state index in [2.05, 4.69) is 31.2 Å². The molecule has 44 heavy (non-hydrogen) atoms. The van der Waals surface area contributed by atoms with Gasteiger partial charge in [-0.1, -0.05) is 26.0 Å². The van der Waals surface area contributed by atoms with Crippen molar-refractivity contribution in [3.63, 3.8) is 0 Å². The van der Waals surface area contributed by atoms with Crippen molar-refractivity contribution in [3.05, 3.63) is 60.2 Å². The lowest BCUT2D eigenvalue weighted by molar-refractivity contribution is -0.146. The van der Waals surface area contributed by atoms with Gasteiger partial charge >= 0.3 is 12.1 Å². The number of pyridine rings is 2. The first-order valence-corrected chi connectivity index (χ1v) is 14.4. The molecular formula is C31H44N6O7. The monoisotopic (exact) mass is 612 g/mol. The van der Waals surface area contributed by atoms with Crippen molar-refractivity contribution in [2.45, 2.75) is 90.6 Å². The first kappa shape index (κ1) is 35.6. The minimum absolute atomic E-state index is 0.0749. The third-order valence-corrected chi connectivity index (χ3v) is 6.23. The molecule has 0 saturated heterocycles. The standard InChI is InChI=1S/C31H44N6O7/c1-19(2)14-25(29(41)43-7)36-28(40)23(15-21-10-8-12-32-17-21)35-26(38)20(3)34-27(39)24(16-22-11-9-13-33-18-22)37-30(42)44-31(4,5)6/h8-13,17-20,23-25H,14-16H2,1-7H3,(H,34,39)(H,35,38)(H,36,40)(H,37,42)/t20-,23-,24-,25-/m0/s1. The summed E-state index contributed by atoms with van der Waals surface area (Å²) in [6.45, 7) is 10.4. The van der Waals surface area contributed by atoms with Gasteiger partial charge in [-0.05, 0) is 63.3 Å². The Hall–Kier alpha value is -4.55. The van der Waals surface area contributed by atoms with Crippen molar-refractivity contribution in [2.24, 2.45) is 5.92 Å². The van der Waals surface area contributed by atoms with E-state index in [1.54, 1.807) is 69.8 Å². The Kier molecular flexibility index (Phi) is 13.7.